The average molecular weight is 377 g/mol. The van der Waals surface area contributed by atoms with Gasteiger partial charge in [-0.25, -0.2) is 4.98 Å². The van der Waals surface area contributed by atoms with Crippen molar-refractivity contribution in [1.29, 1.82) is 0 Å². The highest BCUT2D eigenvalue weighted by Gasteiger charge is 2.09. The zero-order valence-electron chi connectivity index (χ0n) is 11.8. The maximum absolute atomic E-state index is 12.0. The minimum atomic E-state index is -0.230. The fourth-order valence-corrected chi connectivity index (χ4v) is 3.33. The molecular formula is C16H13BrN2O2S. The Balaban J connectivity index is 1.64. The second kappa shape index (κ2) is 6.46. The van der Waals surface area contributed by atoms with E-state index in [2.05, 4.69) is 32.3 Å². The van der Waals surface area contributed by atoms with Crippen LogP contribution in [-0.4, -0.2) is 17.5 Å². The van der Waals surface area contributed by atoms with Crippen LogP contribution >= 0.6 is 27.3 Å². The lowest BCUT2D eigenvalue weighted by Gasteiger charge is -2.07. The van der Waals surface area contributed by atoms with Crippen LogP contribution < -0.4 is 10.1 Å². The highest BCUT2D eigenvalue weighted by molar-refractivity contribution is 9.10. The molecule has 0 atom stereocenters. The summed E-state index contributed by atoms with van der Waals surface area (Å²) < 4.78 is 7.36. The fourth-order valence-electron chi connectivity index (χ4n) is 1.95. The summed E-state index contributed by atoms with van der Waals surface area (Å²) >= 11 is 4.83. The molecule has 2 aromatic carbocycles. The number of rotatable bonds is 4. The summed E-state index contributed by atoms with van der Waals surface area (Å²) in [6.45, 7) is 1.97. The van der Waals surface area contributed by atoms with Crippen molar-refractivity contribution in [3.05, 3.63) is 52.5 Å². The Kier molecular flexibility index (Phi) is 4.40. The van der Waals surface area contributed by atoms with Crippen LogP contribution in [0.3, 0.4) is 0 Å². The first-order valence-corrected chi connectivity index (χ1v) is 8.27. The summed E-state index contributed by atoms with van der Waals surface area (Å²) in [5.41, 5.74) is 2.06. The summed E-state index contributed by atoms with van der Waals surface area (Å²) in [5, 5.41) is 3.35. The van der Waals surface area contributed by atoms with Crippen LogP contribution in [0.25, 0.3) is 10.2 Å². The van der Waals surface area contributed by atoms with E-state index in [1.54, 1.807) is 6.07 Å². The molecule has 6 heteroatoms. The van der Waals surface area contributed by atoms with Gasteiger partial charge in [-0.3, -0.25) is 10.1 Å². The van der Waals surface area contributed by atoms with Crippen molar-refractivity contribution in [2.75, 3.05) is 11.9 Å². The third-order valence-corrected chi connectivity index (χ3v) is 4.57. The number of carbonyl (C=O) groups is 1. The Morgan fingerprint density at radius 2 is 2.14 bits per heavy atom. The Morgan fingerprint density at radius 3 is 2.95 bits per heavy atom. The molecule has 3 aromatic rings. The predicted octanol–water partition coefficient (Wildman–Crippen LogP) is 4.38. The first-order chi connectivity index (χ1) is 10.6. The van der Waals surface area contributed by atoms with E-state index in [1.807, 2.05) is 37.3 Å². The molecule has 0 aliphatic carbocycles. The van der Waals surface area contributed by atoms with Gasteiger partial charge in [-0.15, -0.1) is 0 Å². The molecule has 112 valence electrons. The molecule has 0 bridgehead atoms. The van der Waals surface area contributed by atoms with Crippen molar-refractivity contribution in [3.63, 3.8) is 0 Å². The summed E-state index contributed by atoms with van der Waals surface area (Å²) in [6.07, 6.45) is 0. The SMILES string of the molecule is Cc1ccc2nc(NC(=O)COc3ccccc3Br)sc2c1. The maximum atomic E-state index is 12.0. The number of anilines is 1. The first-order valence-electron chi connectivity index (χ1n) is 6.66. The minimum absolute atomic E-state index is 0.0580. The second-order valence-corrected chi connectivity index (χ2v) is 6.64. The summed E-state index contributed by atoms with van der Waals surface area (Å²) in [7, 11) is 0. The van der Waals surface area contributed by atoms with Crippen LogP contribution in [0.1, 0.15) is 5.56 Å². The quantitative estimate of drug-likeness (QED) is 0.734. The maximum Gasteiger partial charge on any atom is 0.264 e. The second-order valence-electron chi connectivity index (χ2n) is 4.76. The summed E-state index contributed by atoms with van der Waals surface area (Å²) in [6, 6.07) is 13.4. The molecule has 0 spiro atoms. The molecule has 0 saturated carbocycles. The van der Waals surface area contributed by atoms with Gasteiger partial charge in [0, 0.05) is 0 Å². The molecule has 0 aliphatic heterocycles. The predicted molar refractivity (Wildman–Crippen MR) is 92.6 cm³/mol. The Bertz CT molecular complexity index is 832. The number of halogens is 1. The molecule has 22 heavy (non-hydrogen) atoms. The van der Waals surface area contributed by atoms with Crippen molar-refractivity contribution in [1.82, 2.24) is 4.98 Å². The van der Waals surface area contributed by atoms with Gasteiger partial charge in [0.05, 0.1) is 14.7 Å². The zero-order valence-corrected chi connectivity index (χ0v) is 14.2. The number of amides is 1. The normalized spacial score (nSPS) is 10.6. The number of ether oxygens (including phenoxy) is 1. The van der Waals surface area contributed by atoms with E-state index in [4.69, 9.17) is 4.74 Å². The lowest BCUT2D eigenvalue weighted by atomic mass is 10.2. The van der Waals surface area contributed by atoms with Gasteiger partial charge in [-0.2, -0.15) is 0 Å². The third kappa shape index (κ3) is 3.45. The molecule has 1 heterocycles. The number of thiazole rings is 1. The van der Waals surface area contributed by atoms with Crippen molar-refractivity contribution in [2.24, 2.45) is 0 Å². The van der Waals surface area contributed by atoms with Crippen molar-refractivity contribution < 1.29 is 9.53 Å². The molecule has 0 radical (unpaired) electrons. The monoisotopic (exact) mass is 376 g/mol. The lowest BCUT2D eigenvalue weighted by Crippen LogP contribution is -2.20. The molecule has 1 amide bonds. The lowest BCUT2D eigenvalue weighted by molar-refractivity contribution is -0.118. The molecule has 0 fully saturated rings. The Morgan fingerprint density at radius 1 is 1.32 bits per heavy atom. The van der Waals surface area contributed by atoms with Gasteiger partial charge in [-0.05, 0) is 52.7 Å². The number of nitrogens with zero attached hydrogens (tertiary/aromatic N) is 1. The van der Waals surface area contributed by atoms with E-state index in [1.165, 1.54) is 16.9 Å². The number of carbonyl (C=O) groups excluding carboxylic acids is 1. The molecule has 1 aromatic heterocycles. The third-order valence-electron chi connectivity index (χ3n) is 2.99. The van der Waals surface area contributed by atoms with Gasteiger partial charge >= 0.3 is 0 Å². The summed E-state index contributed by atoms with van der Waals surface area (Å²) in [5.74, 6) is 0.407. The van der Waals surface area contributed by atoms with Crippen LogP contribution in [0.15, 0.2) is 46.9 Å². The van der Waals surface area contributed by atoms with Gasteiger partial charge < -0.3 is 4.74 Å². The molecule has 3 rings (SSSR count). The highest BCUT2D eigenvalue weighted by Crippen LogP contribution is 2.27. The molecule has 0 unspecified atom stereocenters. The van der Waals surface area contributed by atoms with E-state index in [0.29, 0.717) is 10.9 Å². The number of benzene rings is 2. The standard InChI is InChI=1S/C16H13BrN2O2S/c1-10-6-7-12-14(8-10)22-16(18-12)19-15(20)9-21-13-5-3-2-4-11(13)17/h2-8H,9H2,1H3,(H,18,19,20). The minimum Gasteiger partial charge on any atom is -0.483 e. The van der Waals surface area contributed by atoms with Crippen molar-refractivity contribution >= 4 is 48.5 Å². The molecule has 1 N–H and O–H groups in total. The van der Waals surface area contributed by atoms with E-state index >= 15 is 0 Å². The van der Waals surface area contributed by atoms with Gasteiger partial charge in [0.15, 0.2) is 11.7 Å². The smallest absolute Gasteiger partial charge is 0.264 e. The first kappa shape index (κ1) is 15.0. The topological polar surface area (TPSA) is 51.2 Å². The molecule has 0 saturated heterocycles. The highest BCUT2D eigenvalue weighted by atomic mass is 79.9. The van der Waals surface area contributed by atoms with Crippen LogP contribution in [0.4, 0.5) is 5.13 Å². The number of hydrogen-bond acceptors (Lipinski definition) is 4. The number of aromatic nitrogens is 1. The van der Waals surface area contributed by atoms with Crippen LogP contribution in [0.2, 0.25) is 0 Å². The van der Waals surface area contributed by atoms with Crippen molar-refractivity contribution in [2.45, 2.75) is 6.92 Å². The van der Waals surface area contributed by atoms with Crippen LogP contribution in [0, 0.1) is 6.92 Å². The van der Waals surface area contributed by atoms with E-state index < -0.39 is 0 Å². The van der Waals surface area contributed by atoms with Gasteiger partial charge in [0.1, 0.15) is 5.75 Å². The number of aryl methyl sites for hydroxylation is 1. The number of nitrogens with one attached hydrogen (secondary N) is 1. The Labute approximate surface area is 140 Å². The summed E-state index contributed by atoms with van der Waals surface area (Å²) in [4.78, 5) is 16.3. The van der Waals surface area contributed by atoms with Crippen LogP contribution in [-0.2, 0) is 4.79 Å². The number of hydrogen-bond donors (Lipinski definition) is 1. The van der Waals surface area contributed by atoms with Crippen LogP contribution in [0.5, 0.6) is 5.75 Å². The van der Waals surface area contributed by atoms with E-state index in [9.17, 15) is 4.79 Å². The van der Waals surface area contributed by atoms with Gasteiger partial charge in [0.25, 0.3) is 5.91 Å². The molecule has 4 nitrogen and oxygen atoms in total. The van der Waals surface area contributed by atoms with Crippen molar-refractivity contribution in [3.8, 4) is 5.75 Å². The Hall–Kier alpha value is -1.92. The largest absolute Gasteiger partial charge is 0.483 e. The fraction of sp³-hybridized carbons (Fsp3) is 0.125. The average Bonchev–Trinajstić information content (AvgIpc) is 2.87. The van der Waals surface area contributed by atoms with E-state index in [0.717, 1.165) is 14.7 Å². The van der Waals surface area contributed by atoms with E-state index in [-0.39, 0.29) is 12.5 Å². The number of para-hydroxylation sites is 1. The van der Waals surface area contributed by atoms with Gasteiger partial charge in [0.2, 0.25) is 0 Å². The number of fused-ring (bicyclic) bond motifs is 1. The zero-order chi connectivity index (χ0) is 15.5. The molecule has 0 aliphatic rings. The molecular weight excluding hydrogens is 364 g/mol. The van der Waals surface area contributed by atoms with Gasteiger partial charge in [-0.1, -0.05) is 29.5 Å².